The van der Waals surface area contributed by atoms with Gasteiger partial charge in [0, 0.05) is 6.54 Å². The van der Waals surface area contributed by atoms with E-state index in [1.807, 2.05) is 23.6 Å². The SMILES string of the molecule is CCn1c(Sc2ncc(Cl)cn2)nnc1-c1ccco1. The fourth-order valence-electron chi connectivity index (χ4n) is 1.67. The maximum absolute atomic E-state index is 5.77. The normalized spacial score (nSPS) is 10.9. The van der Waals surface area contributed by atoms with Gasteiger partial charge in [0.15, 0.2) is 21.9 Å². The van der Waals surface area contributed by atoms with E-state index in [0.29, 0.717) is 26.9 Å². The topological polar surface area (TPSA) is 69.6 Å². The summed E-state index contributed by atoms with van der Waals surface area (Å²) in [5.74, 6) is 1.37. The highest BCUT2D eigenvalue weighted by atomic mass is 35.5. The second-order valence-corrected chi connectivity index (χ2v) is 5.18. The molecule has 0 saturated heterocycles. The van der Waals surface area contributed by atoms with Crippen LogP contribution in [-0.2, 0) is 6.54 Å². The van der Waals surface area contributed by atoms with Crippen molar-refractivity contribution < 1.29 is 4.42 Å². The van der Waals surface area contributed by atoms with Gasteiger partial charge < -0.3 is 4.42 Å². The molecule has 0 radical (unpaired) electrons. The number of hydrogen-bond donors (Lipinski definition) is 0. The lowest BCUT2D eigenvalue weighted by Gasteiger charge is -2.04. The van der Waals surface area contributed by atoms with Crippen LogP contribution in [0.1, 0.15) is 6.92 Å². The molecule has 3 heterocycles. The average Bonchev–Trinajstić information content (AvgIpc) is 3.10. The maximum atomic E-state index is 5.77. The van der Waals surface area contributed by atoms with Crippen LogP contribution in [0.3, 0.4) is 0 Å². The first-order valence-electron chi connectivity index (χ1n) is 5.90. The van der Waals surface area contributed by atoms with Crippen molar-refractivity contribution in [3.05, 3.63) is 35.8 Å². The summed E-state index contributed by atoms with van der Waals surface area (Å²) in [6.07, 6.45) is 4.72. The number of rotatable bonds is 4. The molecule has 3 aromatic heterocycles. The van der Waals surface area contributed by atoms with E-state index >= 15 is 0 Å². The highest BCUT2D eigenvalue weighted by Gasteiger charge is 2.16. The van der Waals surface area contributed by atoms with Crippen molar-refractivity contribution in [2.24, 2.45) is 0 Å². The third-order valence-corrected chi connectivity index (χ3v) is 3.63. The Hall–Kier alpha value is -1.86. The molecule has 20 heavy (non-hydrogen) atoms. The number of aromatic nitrogens is 5. The van der Waals surface area contributed by atoms with Crippen LogP contribution < -0.4 is 0 Å². The monoisotopic (exact) mass is 307 g/mol. The van der Waals surface area contributed by atoms with Gasteiger partial charge in [-0.2, -0.15) is 0 Å². The molecule has 0 saturated carbocycles. The van der Waals surface area contributed by atoms with E-state index in [2.05, 4.69) is 20.2 Å². The fourth-order valence-corrected chi connectivity index (χ4v) is 2.55. The molecule has 6 nitrogen and oxygen atoms in total. The molecular weight excluding hydrogens is 298 g/mol. The molecule has 0 aliphatic rings. The molecule has 0 spiro atoms. The molecule has 0 amide bonds. The van der Waals surface area contributed by atoms with E-state index in [1.54, 1.807) is 18.7 Å². The Kier molecular flexibility index (Phi) is 3.70. The van der Waals surface area contributed by atoms with E-state index in [4.69, 9.17) is 16.0 Å². The van der Waals surface area contributed by atoms with Gasteiger partial charge in [-0.3, -0.25) is 4.57 Å². The molecule has 0 aliphatic heterocycles. The summed E-state index contributed by atoms with van der Waals surface area (Å²) in [6, 6.07) is 3.67. The zero-order chi connectivity index (χ0) is 13.9. The molecule has 0 aliphatic carbocycles. The summed E-state index contributed by atoms with van der Waals surface area (Å²) >= 11 is 7.10. The van der Waals surface area contributed by atoms with Crippen molar-refractivity contribution in [2.45, 2.75) is 23.8 Å². The Morgan fingerprint density at radius 2 is 2.10 bits per heavy atom. The van der Waals surface area contributed by atoms with Gasteiger partial charge in [-0.05, 0) is 30.8 Å². The molecule has 0 unspecified atom stereocenters. The smallest absolute Gasteiger partial charge is 0.200 e. The van der Waals surface area contributed by atoms with Crippen molar-refractivity contribution in [3.63, 3.8) is 0 Å². The summed E-state index contributed by atoms with van der Waals surface area (Å²) in [4.78, 5) is 8.27. The number of hydrogen-bond acceptors (Lipinski definition) is 6. The van der Waals surface area contributed by atoms with E-state index < -0.39 is 0 Å². The van der Waals surface area contributed by atoms with Gasteiger partial charge in [-0.1, -0.05) is 11.6 Å². The Bertz CT molecular complexity index is 695. The lowest BCUT2D eigenvalue weighted by atomic mass is 10.4. The minimum atomic E-state index is 0.502. The van der Waals surface area contributed by atoms with Gasteiger partial charge in [-0.15, -0.1) is 10.2 Å². The molecule has 102 valence electrons. The van der Waals surface area contributed by atoms with Crippen LogP contribution >= 0.6 is 23.4 Å². The lowest BCUT2D eigenvalue weighted by Crippen LogP contribution is -1.99. The van der Waals surface area contributed by atoms with Gasteiger partial charge >= 0.3 is 0 Å². The minimum Gasteiger partial charge on any atom is -0.461 e. The summed E-state index contributed by atoms with van der Waals surface area (Å²) in [6.45, 7) is 2.74. The molecule has 0 N–H and O–H groups in total. The molecule has 8 heteroatoms. The van der Waals surface area contributed by atoms with E-state index in [0.717, 1.165) is 6.54 Å². The van der Waals surface area contributed by atoms with Gasteiger partial charge in [0.05, 0.1) is 23.7 Å². The third kappa shape index (κ3) is 2.54. The first-order valence-corrected chi connectivity index (χ1v) is 7.10. The molecule has 0 atom stereocenters. The van der Waals surface area contributed by atoms with Crippen molar-refractivity contribution in [2.75, 3.05) is 0 Å². The zero-order valence-electron chi connectivity index (χ0n) is 10.5. The van der Waals surface area contributed by atoms with Gasteiger partial charge in [0.1, 0.15) is 0 Å². The van der Waals surface area contributed by atoms with E-state index in [1.165, 1.54) is 11.8 Å². The van der Waals surface area contributed by atoms with Crippen molar-refractivity contribution >= 4 is 23.4 Å². The fraction of sp³-hybridized carbons (Fsp3) is 0.167. The van der Waals surface area contributed by atoms with Crippen LogP contribution in [0.2, 0.25) is 5.02 Å². The highest BCUT2D eigenvalue weighted by Crippen LogP contribution is 2.27. The Morgan fingerprint density at radius 1 is 1.30 bits per heavy atom. The second-order valence-electron chi connectivity index (χ2n) is 3.81. The Morgan fingerprint density at radius 3 is 2.75 bits per heavy atom. The van der Waals surface area contributed by atoms with E-state index in [9.17, 15) is 0 Å². The highest BCUT2D eigenvalue weighted by molar-refractivity contribution is 7.99. The maximum Gasteiger partial charge on any atom is 0.200 e. The van der Waals surface area contributed by atoms with Gasteiger partial charge in [0.25, 0.3) is 0 Å². The van der Waals surface area contributed by atoms with Crippen LogP contribution in [0.25, 0.3) is 11.6 Å². The molecular formula is C12H10ClN5OS. The van der Waals surface area contributed by atoms with Crippen LogP contribution in [0, 0.1) is 0 Å². The second kappa shape index (κ2) is 5.64. The first kappa shape index (κ1) is 13.1. The first-order chi connectivity index (χ1) is 9.78. The van der Waals surface area contributed by atoms with Crippen LogP contribution in [-0.4, -0.2) is 24.7 Å². The number of furan rings is 1. The Labute approximate surface area is 124 Å². The third-order valence-electron chi connectivity index (χ3n) is 2.55. The summed E-state index contributed by atoms with van der Waals surface area (Å²) in [7, 11) is 0. The van der Waals surface area contributed by atoms with Crippen molar-refractivity contribution in [1.82, 2.24) is 24.7 Å². The predicted molar refractivity (Wildman–Crippen MR) is 74.6 cm³/mol. The van der Waals surface area contributed by atoms with Crippen LogP contribution in [0.15, 0.2) is 45.5 Å². The zero-order valence-corrected chi connectivity index (χ0v) is 12.1. The quantitative estimate of drug-likeness (QED) is 0.690. The van der Waals surface area contributed by atoms with Gasteiger partial charge in [-0.25, -0.2) is 9.97 Å². The standard InChI is InChI=1S/C12H10ClN5OS/c1-2-18-10(9-4-3-5-19-9)16-17-12(18)20-11-14-6-8(13)7-15-11/h3-7H,2H2,1H3. The molecule has 0 bridgehead atoms. The van der Waals surface area contributed by atoms with E-state index in [-0.39, 0.29) is 0 Å². The van der Waals surface area contributed by atoms with Crippen molar-refractivity contribution in [1.29, 1.82) is 0 Å². The molecule has 0 aromatic carbocycles. The van der Waals surface area contributed by atoms with Crippen LogP contribution in [0.5, 0.6) is 0 Å². The van der Waals surface area contributed by atoms with Crippen molar-refractivity contribution in [3.8, 4) is 11.6 Å². The van der Waals surface area contributed by atoms with Crippen LogP contribution in [0.4, 0.5) is 0 Å². The summed E-state index contributed by atoms with van der Waals surface area (Å²) in [5, 5.41) is 10.1. The summed E-state index contributed by atoms with van der Waals surface area (Å²) in [5.41, 5.74) is 0. The number of nitrogens with zero attached hydrogens (tertiary/aromatic N) is 5. The molecule has 0 fully saturated rings. The number of halogens is 1. The largest absolute Gasteiger partial charge is 0.461 e. The molecule has 3 aromatic rings. The molecule has 3 rings (SSSR count). The predicted octanol–water partition coefficient (Wildman–Crippen LogP) is 3.15. The summed E-state index contributed by atoms with van der Waals surface area (Å²) < 4.78 is 7.31. The van der Waals surface area contributed by atoms with Gasteiger partial charge in [0.2, 0.25) is 0 Å². The average molecular weight is 308 g/mol. The Balaban J connectivity index is 1.92. The lowest BCUT2D eigenvalue weighted by molar-refractivity contribution is 0.567. The minimum absolute atomic E-state index is 0.502.